The number of benzene rings is 1. The Morgan fingerprint density at radius 1 is 1.25 bits per heavy atom. The Morgan fingerprint density at radius 3 is 2.72 bits per heavy atom. The Labute approximate surface area is 182 Å². The number of alkyl halides is 1. The Hall–Kier alpha value is -3.63. The minimum Gasteiger partial charge on any atom is -0.447 e. The van der Waals surface area contributed by atoms with Crippen molar-refractivity contribution in [3.8, 4) is 11.1 Å². The molecule has 1 unspecified atom stereocenters. The lowest BCUT2D eigenvalue weighted by Crippen LogP contribution is -2.39. The summed E-state index contributed by atoms with van der Waals surface area (Å²) in [6.07, 6.45) is 2.38. The number of amides is 1. The number of carbonyl (C=O) groups is 1. The van der Waals surface area contributed by atoms with Gasteiger partial charge in [-0.2, -0.15) is 10.1 Å². The molecular formula is C21H21F3N6O2. The molecule has 0 bridgehead atoms. The summed E-state index contributed by atoms with van der Waals surface area (Å²) in [5.41, 5.74) is 0.630. The second-order valence-corrected chi connectivity index (χ2v) is 7.55. The maximum Gasteiger partial charge on any atom is 0.416 e. The van der Waals surface area contributed by atoms with E-state index >= 15 is 0 Å². The Bertz CT molecular complexity index is 1150. The smallest absolute Gasteiger partial charge is 0.416 e. The predicted octanol–water partition coefficient (Wildman–Crippen LogP) is 4.01. The van der Waals surface area contributed by atoms with Crippen LogP contribution in [0, 0.1) is 11.6 Å². The van der Waals surface area contributed by atoms with Gasteiger partial charge in [-0.1, -0.05) is 0 Å². The van der Waals surface area contributed by atoms with Gasteiger partial charge in [0, 0.05) is 36.1 Å². The van der Waals surface area contributed by atoms with E-state index in [9.17, 15) is 18.0 Å². The average molecular weight is 446 g/mol. The van der Waals surface area contributed by atoms with Gasteiger partial charge in [-0.25, -0.2) is 22.9 Å². The minimum absolute atomic E-state index is 0.0658. The van der Waals surface area contributed by atoms with Crippen molar-refractivity contribution in [2.45, 2.75) is 32.1 Å². The number of nitrogens with one attached hydrogen (secondary N) is 1. The van der Waals surface area contributed by atoms with Crippen LogP contribution in [-0.2, 0) is 11.8 Å². The van der Waals surface area contributed by atoms with Crippen molar-refractivity contribution in [3.63, 3.8) is 0 Å². The lowest BCUT2D eigenvalue weighted by molar-refractivity contribution is 0.174. The van der Waals surface area contributed by atoms with Gasteiger partial charge in [0.1, 0.15) is 36.3 Å². The fourth-order valence-corrected chi connectivity index (χ4v) is 3.54. The molecule has 1 aliphatic heterocycles. The number of rotatable bonds is 6. The molecular weight excluding hydrogens is 425 g/mol. The van der Waals surface area contributed by atoms with Crippen LogP contribution in [0.3, 0.4) is 0 Å². The Kier molecular flexibility index (Phi) is 5.72. The summed E-state index contributed by atoms with van der Waals surface area (Å²) >= 11 is 0. The Morgan fingerprint density at radius 2 is 2.03 bits per heavy atom. The van der Waals surface area contributed by atoms with Crippen LogP contribution in [0.15, 0.2) is 36.8 Å². The third-order valence-corrected chi connectivity index (χ3v) is 5.24. The summed E-state index contributed by atoms with van der Waals surface area (Å²) in [4.78, 5) is 21.5. The largest absolute Gasteiger partial charge is 0.447 e. The van der Waals surface area contributed by atoms with Crippen molar-refractivity contribution in [3.05, 3.63) is 54.0 Å². The minimum atomic E-state index is -1.33. The van der Waals surface area contributed by atoms with Crippen LogP contribution < -0.4 is 10.2 Å². The zero-order valence-corrected chi connectivity index (χ0v) is 17.6. The number of hydrogen-bond donors (Lipinski definition) is 1. The molecule has 1 fully saturated rings. The standard InChI is InChI=1S/C21H21F3N6O2/c1-11(22)18-10-32-21(31)30(18)19-4-5-25-20(28-19)27-12(2)14-6-17(24)15(7-16(14)23)13-8-26-29(3)9-13/h4-9,11-12,18H,10H2,1-3H3,(H,25,27,28)/t11-,12-,18?/m0/s1. The van der Waals surface area contributed by atoms with E-state index in [2.05, 4.69) is 20.4 Å². The molecule has 3 atom stereocenters. The summed E-state index contributed by atoms with van der Waals surface area (Å²) < 4.78 is 49.8. The number of nitrogens with zero attached hydrogens (tertiary/aromatic N) is 5. The molecule has 0 aliphatic carbocycles. The fourth-order valence-electron chi connectivity index (χ4n) is 3.54. The molecule has 3 aromatic rings. The van der Waals surface area contributed by atoms with Crippen LogP contribution in [0.2, 0.25) is 0 Å². The van der Waals surface area contributed by atoms with E-state index in [1.807, 2.05) is 0 Å². The molecule has 1 aliphatic rings. The van der Waals surface area contributed by atoms with Gasteiger partial charge in [0.2, 0.25) is 5.95 Å². The highest BCUT2D eigenvalue weighted by Gasteiger charge is 2.39. The summed E-state index contributed by atoms with van der Waals surface area (Å²) in [6.45, 7) is 2.86. The molecule has 1 N–H and O–H groups in total. The van der Waals surface area contributed by atoms with Gasteiger partial charge in [0.15, 0.2) is 0 Å². The highest BCUT2D eigenvalue weighted by Crippen LogP contribution is 2.30. The number of hydrogen-bond acceptors (Lipinski definition) is 6. The van der Waals surface area contributed by atoms with Gasteiger partial charge in [-0.05, 0) is 32.0 Å². The van der Waals surface area contributed by atoms with Crippen LogP contribution in [0.1, 0.15) is 25.5 Å². The molecule has 168 valence electrons. The SMILES string of the molecule is C[C@H](Nc1nccc(N2C(=O)OCC2[C@H](C)F)n1)c1cc(F)c(-c2cnn(C)c2)cc1F. The van der Waals surface area contributed by atoms with Crippen molar-refractivity contribution in [2.24, 2.45) is 7.05 Å². The average Bonchev–Trinajstić information content (AvgIpc) is 3.35. The molecule has 1 aromatic carbocycles. The van der Waals surface area contributed by atoms with Crippen LogP contribution in [-0.4, -0.2) is 44.7 Å². The summed E-state index contributed by atoms with van der Waals surface area (Å²) in [6, 6.07) is 2.15. The molecule has 1 saturated heterocycles. The first-order valence-corrected chi connectivity index (χ1v) is 9.92. The molecule has 3 heterocycles. The highest BCUT2D eigenvalue weighted by molar-refractivity contribution is 5.89. The van der Waals surface area contributed by atoms with Gasteiger partial charge < -0.3 is 10.1 Å². The van der Waals surface area contributed by atoms with E-state index < -0.39 is 36.0 Å². The number of ether oxygens (including phenoxy) is 1. The first-order chi connectivity index (χ1) is 15.2. The van der Waals surface area contributed by atoms with E-state index in [1.54, 1.807) is 20.2 Å². The van der Waals surface area contributed by atoms with E-state index in [0.717, 1.165) is 17.0 Å². The molecule has 11 heteroatoms. The number of cyclic esters (lactones) is 1. The predicted molar refractivity (Wildman–Crippen MR) is 111 cm³/mol. The number of halogens is 3. The summed E-state index contributed by atoms with van der Waals surface area (Å²) in [5.74, 6) is -1.01. The third-order valence-electron chi connectivity index (χ3n) is 5.24. The summed E-state index contributed by atoms with van der Waals surface area (Å²) in [7, 11) is 1.69. The molecule has 2 aromatic heterocycles. The molecule has 0 radical (unpaired) electrons. The van der Waals surface area contributed by atoms with Gasteiger partial charge >= 0.3 is 6.09 Å². The lowest BCUT2D eigenvalue weighted by atomic mass is 10.0. The maximum absolute atomic E-state index is 14.8. The van der Waals surface area contributed by atoms with Crippen LogP contribution >= 0.6 is 0 Å². The number of aromatic nitrogens is 4. The van der Waals surface area contributed by atoms with Crippen molar-refractivity contribution in [1.82, 2.24) is 19.7 Å². The van der Waals surface area contributed by atoms with E-state index in [4.69, 9.17) is 4.74 Å². The van der Waals surface area contributed by atoms with Gasteiger partial charge in [-0.3, -0.25) is 9.58 Å². The monoisotopic (exact) mass is 446 g/mol. The highest BCUT2D eigenvalue weighted by atomic mass is 19.1. The maximum atomic E-state index is 14.8. The molecule has 1 amide bonds. The van der Waals surface area contributed by atoms with E-state index in [-0.39, 0.29) is 29.5 Å². The topological polar surface area (TPSA) is 85.2 Å². The zero-order valence-electron chi connectivity index (χ0n) is 17.6. The van der Waals surface area contributed by atoms with Crippen LogP contribution in [0.25, 0.3) is 11.1 Å². The first-order valence-electron chi connectivity index (χ1n) is 9.92. The lowest BCUT2D eigenvalue weighted by Gasteiger charge is -2.22. The fraction of sp³-hybridized carbons (Fsp3) is 0.333. The van der Waals surface area contributed by atoms with Gasteiger partial charge in [0.25, 0.3) is 0 Å². The Balaban J connectivity index is 1.57. The van der Waals surface area contributed by atoms with Crippen molar-refractivity contribution >= 4 is 17.9 Å². The second kappa shape index (κ2) is 8.48. The molecule has 0 spiro atoms. The van der Waals surface area contributed by atoms with E-state index in [0.29, 0.717) is 5.56 Å². The van der Waals surface area contributed by atoms with E-state index in [1.165, 1.54) is 30.1 Å². The van der Waals surface area contributed by atoms with Crippen LogP contribution in [0.4, 0.5) is 29.7 Å². The number of anilines is 2. The molecule has 8 nitrogen and oxygen atoms in total. The third kappa shape index (κ3) is 4.10. The van der Waals surface area contributed by atoms with Crippen LogP contribution in [0.5, 0.6) is 0 Å². The van der Waals surface area contributed by atoms with Crippen molar-refractivity contribution < 1.29 is 22.7 Å². The van der Waals surface area contributed by atoms with Gasteiger partial charge in [0.05, 0.1) is 12.2 Å². The number of carbonyl (C=O) groups excluding carboxylic acids is 1. The quantitative estimate of drug-likeness (QED) is 0.616. The normalized spacial score (nSPS) is 17.9. The summed E-state index contributed by atoms with van der Waals surface area (Å²) in [5, 5.41) is 6.87. The number of aryl methyl sites for hydroxylation is 1. The molecule has 0 saturated carbocycles. The first kappa shape index (κ1) is 21.6. The molecule has 4 rings (SSSR count). The zero-order chi connectivity index (χ0) is 23.0. The second-order valence-electron chi connectivity index (χ2n) is 7.55. The molecule has 32 heavy (non-hydrogen) atoms. The van der Waals surface area contributed by atoms with Crippen molar-refractivity contribution in [2.75, 3.05) is 16.8 Å². The van der Waals surface area contributed by atoms with Crippen molar-refractivity contribution in [1.29, 1.82) is 0 Å². The van der Waals surface area contributed by atoms with Gasteiger partial charge in [-0.15, -0.1) is 0 Å².